The molecule has 1 N–H and O–H groups in total. The normalized spacial score (nSPS) is 27.1. The molecule has 4 heteroatoms. The van der Waals surface area contributed by atoms with Gasteiger partial charge in [0.25, 0.3) is 5.91 Å². The largest absolute Gasteiger partial charge is 0.365 e. The molecule has 0 aliphatic carbocycles. The zero-order valence-corrected chi connectivity index (χ0v) is 12.0. The Morgan fingerprint density at radius 2 is 2.25 bits per heavy atom. The third-order valence-electron chi connectivity index (χ3n) is 2.91. The van der Waals surface area contributed by atoms with E-state index >= 15 is 0 Å². The van der Waals surface area contributed by atoms with Gasteiger partial charge in [-0.2, -0.15) is 0 Å². The van der Waals surface area contributed by atoms with Crippen molar-refractivity contribution in [2.45, 2.75) is 50.5 Å². The molecular formula is C12H22BrNO2. The van der Waals surface area contributed by atoms with Gasteiger partial charge in [0.2, 0.25) is 0 Å². The predicted octanol–water partition coefficient (Wildman–Crippen LogP) is 2.48. The van der Waals surface area contributed by atoms with Gasteiger partial charge in [-0.25, -0.2) is 0 Å². The fourth-order valence-electron chi connectivity index (χ4n) is 1.94. The van der Waals surface area contributed by atoms with E-state index in [-0.39, 0.29) is 5.91 Å². The number of nitrogens with one attached hydrogen (secondary N) is 1. The molecule has 1 fully saturated rings. The Labute approximate surface area is 106 Å². The quantitative estimate of drug-likeness (QED) is 0.791. The molecule has 94 valence electrons. The van der Waals surface area contributed by atoms with Crippen LogP contribution in [0.2, 0.25) is 0 Å². The summed E-state index contributed by atoms with van der Waals surface area (Å²) in [6.07, 6.45) is 2.88. The monoisotopic (exact) mass is 291 g/mol. The van der Waals surface area contributed by atoms with E-state index in [9.17, 15) is 4.79 Å². The van der Waals surface area contributed by atoms with Crippen LogP contribution in [-0.4, -0.2) is 29.5 Å². The summed E-state index contributed by atoms with van der Waals surface area (Å²) in [5, 5.41) is 2.96. The molecule has 0 saturated carbocycles. The molecule has 1 aliphatic heterocycles. The SMILES string of the molecule is CC(C)CC(Br)CNC(=O)C1(C)CCCO1. The first-order valence-corrected chi connectivity index (χ1v) is 6.92. The Kier molecular flexibility index (Phi) is 5.25. The summed E-state index contributed by atoms with van der Waals surface area (Å²) >= 11 is 3.58. The Morgan fingerprint density at radius 3 is 2.75 bits per heavy atom. The van der Waals surface area contributed by atoms with Gasteiger partial charge in [0.1, 0.15) is 5.60 Å². The van der Waals surface area contributed by atoms with E-state index in [0.29, 0.717) is 23.9 Å². The van der Waals surface area contributed by atoms with Gasteiger partial charge in [0.15, 0.2) is 0 Å². The van der Waals surface area contributed by atoms with E-state index in [1.165, 1.54) is 0 Å². The zero-order chi connectivity index (χ0) is 12.2. The molecule has 2 atom stereocenters. The molecule has 16 heavy (non-hydrogen) atoms. The second-order valence-electron chi connectivity index (χ2n) is 5.12. The average molecular weight is 292 g/mol. The number of hydrogen-bond donors (Lipinski definition) is 1. The van der Waals surface area contributed by atoms with E-state index in [0.717, 1.165) is 19.3 Å². The van der Waals surface area contributed by atoms with Crippen LogP contribution in [0, 0.1) is 5.92 Å². The van der Waals surface area contributed by atoms with Crippen LogP contribution in [0.25, 0.3) is 0 Å². The van der Waals surface area contributed by atoms with Crippen LogP contribution in [-0.2, 0) is 9.53 Å². The minimum Gasteiger partial charge on any atom is -0.365 e. The number of amides is 1. The fourth-order valence-corrected chi connectivity index (χ4v) is 2.85. The molecule has 1 aliphatic rings. The molecule has 0 aromatic rings. The van der Waals surface area contributed by atoms with Crippen molar-refractivity contribution in [1.82, 2.24) is 5.32 Å². The smallest absolute Gasteiger partial charge is 0.252 e. The summed E-state index contributed by atoms with van der Waals surface area (Å²) in [6.45, 7) is 7.61. The van der Waals surface area contributed by atoms with Crippen molar-refractivity contribution in [3.8, 4) is 0 Å². The number of carbonyl (C=O) groups is 1. The number of hydrogen-bond acceptors (Lipinski definition) is 2. The number of carbonyl (C=O) groups excluding carboxylic acids is 1. The molecule has 1 heterocycles. The lowest BCUT2D eigenvalue weighted by Gasteiger charge is -2.23. The summed E-state index contributed by atoms with van der Waals surface area (Å²) in [7, 11) is 0. The first-order chi connectivity index (χ1) is 7.44. The van der Waals surface area contributed by atoms with Crippen molar-refractivity contribution >= 4 is 21.8 Å². The van der Waals surface area contributed by atoms with Crippen LogP contribution in [0.3, 0.4) is 0 Å². The predicted molar refractivity (Wildman–Crippen MR) is 68.8 cm³/mol. The van der Waals surface area contributed by atoms with Crippen LogP contribution in [0.5, 0.6) is 0 Å². The van der Waals surface area contributed by atoms with Crippen LogP contribution >= 0.6 is 15.9 Å². The molecule has 1 amide bonds. The van der Waals surface area contributed by atoms with Crippen molar-refractivity contribution in [2.24, 2.45) is 5.92 Å². The van der Waals surface area contributed by atoms with Crippen molar-refractivity contribution in [3.05, 3.63) is 0 Å². The molecule has 0 aromatic carbocycles. The highest BCUT2D eigenvalue weighted by atomic mass is 79.9. The summed E-state index contributed by atoms with van der Waals surface area (Å²) < 4.78 is 5.49. The van der Waals surface area contributed by atoms with Crippen molar-refractivity contribution in [3.63, 3.8) is 0 Å². The van der Waals surface area contributed by atoms with Crippen molar-refractivity contribution in [1.29, 1.82) is 0 Å². The molecule has 0 aromatic heterocycles. The van der Waals surface area contributed by atoms with Gasteiger partial charge < -0.3 is 10.1 Å². The number of ether oxygens (including phenoxy) is 1. The number of halogens is 1. The van der Waals surface area contributed by atoms with Gasteiger partial charge >= 0.3 is 0 Å². The summed E-state index contributed by atoms with van der Waals surface area (Å²) in [5.41, 5.74) is -0.593. The first-order valence-electron chi connectivity index (χ1n) is 6.00. The second kappa shape index (κ2) is 6.01. The molecule has 0 radical (unpaired) electrons. The third-order valence-corrected chi connectivity index (χ3v) is 3.61. The topological polar surface area (TPSA) is 38.3 Å². The molecular weight excluding hydrogens is 270 g/mol. The fraction of sp³-hybridized carbons (Fsp3) is 0.917. The van der Waals surface area contributed by atoms with E-state index in [4.69, 9.17) is 4.74 Å². The standard InChI is InChI=1S/C12H22BrNO2/c1-9(2)7-10(13)8-14-11(15)12(3)5-4-6-16-12/h9-10H,4-8H2,1-3H3,(H,14,15). The van der Waals surface area contributed by atoms with Gasteiger partial charge in [0.05, 0.1) is 0 Å². The van der Waals surface area contributed by atoms with Crippen LogP contribution < -0.4 is 5.32 Å². The van der Waals surface area contributed by atoms with Gasteiger partial charge in [-0.1, -0.05) is 29.8 Å². The number of rotatable bonds is 5. The Balaban J connectivity index is 2.29. The lowest BCUT2D eigenvalue weighted by atomic mass is 10.0. The summed E-state index contributed by atoms with van der Waals surface area (Å²) in [4.78, 5) is 12.2. The van der Waals surface area contributed by atoms with Gasteiger partial charge in [-0.05, 0) is 32.1 Å². The molecule has 1 rings (SSSR count). The molecule has 0 bridgehead atoms. The van der Waals surface area contributed by atoms with E-state index in [1.807, 2.05) is 6.92 Å². The maximum atomic E-state index is 11.9. The molecule has 0 spiro atoms. The molecule has 2 unspecified atom stereocenters. The highest BCUT2D eigenvalue weighted by Crippen LogP contribution is 2.25. The summed E-state index contributed by atoms with van der Waals surface area (Å²) in [5.74, 6) is 0.665. The maximum Gasteiger partial charge on any atom is 0.252 e. The lowest BCUT2D eigenvalue weighted by Crippen LogP contribution is -2.45. The average Bonchev–Trinajstić information content (AvgIpc) is 2.62. The van der Waals surface area contributed by atoms with E-state index < -0.39 is 5.60 Å². The van der Waals surface area contributed by atoms with Crippen molar-refractivity contribution < 1.29 is 9.53 Å². The van der Waals surface area contributed by atoms with Crippen LogP contribution in [0.15, 0.2) is 0 Å². The Hall–Kier alpha value is -0.0900. The van der Waals surface area contributed by atoms with Crippen molar-refractivity contribution in [2.75, 3.05) is 13.2 Å². The molecule has 1 saturated heterocycles. The minimum absolute atomic E-state index is 0.0261. The van der Waals surface area contributed by atoms with Gasteiger partial charge in [-0.3, -0.25) is 4.79 Å². The van der Waals surface area contributed by atoms with Crippen LogP contribution in [0.1, 0.15) is 40.0 Å². The molecule has 3 nitrogen and oxygen atoms in total. The lowest BCUT2D eigenvalue weighted by molar-refractivity contribution is -0.139. The van der Waals surface area contributed by atoms with Crippen LogP contribution in [0.4, 0.5) is 0 Å². The second-order valence-corrected chi connectivity index (χ2v) is 6.41. The van der Waals surface area contributed by atoms with E-state index in [1.54, 1.807) is 0 Å². The Morgan fingerprint density at radius 1 is 1.56 bits per heavy atom. The Bertz CT molecular complexity index is 237. The number of alkyl halides is 1. The minimum atomic E-state index is -0.593. The third kappa shape index (κ3) is 4.06. The first kappa shape index (κ1) is 14.0. The highest BCUT2D eigenvalue weighted by molar-refractivity contribution is 9.09. The highest BCUT2D eigenvalue weighted by Gasteiger charge is 2.37. The van der Waals surface area contributed by atoms with Gasteiger partial charge in [-0.15, -0.1) is 0 Å². The van der Waals surface area contributed by atoms with Gasteiger partial charge in [0, 0.05) is 18.0 Å². The maximum absolute atomic E-state index is 11.9. The zero-order valence-electron chi connectivity index (χ0n) is 10.4. The summed E-state index contributed by atoms with van der Waals surface area (Å²) in [6, 6.07) is 0. The van der Waals surface area contributed by atoms with E-state index in [2.05, 4.69) is 35.1 Å².